The molecule has 0 radical (unpaired) electrons. The van der Waals surface area contributed by atoms with Gasteiger partial charge in [-0.1, -0.05) is 24.4 Å². The Morgan fingerprint density at radius 2 is 2.27 bits per heavy atom. The van der Waals surface area contributed by atoms with Crippen molar-refractivity contribution in [2.45, 2.75) is 31.7 Å². The minimum absolute atomic E-state index is 0.182. The molecular formula is C11H16ClN3. The van der Waals surface area contributed by atoms with E-state index in [1.807, 2.05) is 17.1 Å². The van der Waals surface area contributed by atoms with Crippen molar-refractivity contribution < 1.29 is 0 Å². The third kappa shape index (κ3) is 2.48. The zero-order chi connectivity index (χ0) is 10.7. The third-order valence-corrected chi connectivity index (χ3v) is 3.22. The fourth-order valence-electron chi connectivity index (χ4n) is 2.07. The van der Waals surface area contributed by atoms with Crippen LogP contribution < -0.4 is 5.84 Å². The van der Waals surface area contributed by atoms with Gasteiger partial charge < -0.3 is 0 Å². The highest BCUT2D eigenvalue weighted by Gasteiger charge is 2.22. The fourth-order valence-corrected chi connectivity index (χ4v) is 2.31. The van der Waals surface area contributed by atoms with Crippen LogP contribution in [0.25, 0.3) is 0 Å². The number of hydrogen-bond donors (Lipinski definition) is 1. The number of nitrogens with zero attached hydrogens (tertiary/aromatic N) is 2. The Balaban J connectivity index is 2.24. The first-order chi connectivity index (χ1) is 7.29. The molecule has 1 aromatic heterocycles. The highest BCUT2D eigenvalue weighted by Crippen LogP contribution is 2.30. The summed E-state index contributed by atoms with van der Waals surface area (Å²) in [5.41, 5.74) is 0.920. The van der Waals surface area contributed by atoms with Gasteiger partial charge in [0, 0.05) is 12.7 Å². The van der Waals surface area contributed by atoms with Crippen molar-refractivity contribution in [3.8, 4) is 0 Å². The van der Waals surface area contributed by atoms with Gasteiger partial charge in [-0.2, -0.15) is 0 Å². The summed E-state index contributed by atoms with van der Waals surface area (Å²) >= 11 is 6.13. The Hall–Kier alpha value is -0.640. The molecule has 1 unspecified atom stereocenters. The van der Waals surface area contributed by atoms with E-state index < -0.39 is 0 Å². The predicted molar refractivity (Wildman–Crippen MR) is 61.3 cm³/mol. The molecular weight excluding hydrogens is 210 g/mol. The molecule has 1 fully saturated rings. The van der Waals surface area contributed by atoms with Gasteiger partial charge in [-0.3, -0.25) is 10.8 Å². The summed E-state index contributed by atoms with van der Waals surface area (Å²) in [7, 11) is 0. The van der Waals surface area contributed by atoms with Crippen LogP contribution in [0.4, 0.5) is 0 Å². The number of pyridine rings is 1. The predicted octanol–water partition coefficient (Wildman–Crippen LogP) is 2.53. The number of aromatic nitrogens is 1. The summed E-state index contributed by atoms with van der Waals surface area (Å²) in [4.78, 5) is 4.34. The maximum absolute atomic E-state index is 6.13. The van der Waals surface area contributed by atoms with E-state index in [-0.39, 0.29) is 6.04 Å². The highest BCUT2D eigenvalue weighted by atomic mass is 35.5. The van der Waals surface area contributed by atoms with Crippen molar-refractivity contribution in [1.82, 2.24) is 9.99 Å². The zero-order valence-corrected chi connectivity index (χ0v) is 9.45. The quantitative estimate of drug-likeness (QED) is 0.747. The van der Waals surface area contributed by atoms with E-state index in [1.165, 1.54) is 12.8 Å². The van der Waals surface area contributed by atoms with E-state index >= 15 is 0 Å². The fraction of sp³-hybridized carbons (Fsp3) is 0.545. The van der Waals surface area contributed by atoms with Crippen LogP contribution in [0.5, 0.6) is 0 Å². The van der Waals surface area contributed by atoms with Gasteiger partial charge in [-0.15, -0.1) is 0 Å². The van der Waals surface area contributed by atoms with Crippen LogP contribution in [-0.4, -0.2) is 16.5 Å². The molecule has 2 heterocycles. The van der Waals surface area contributed by atoms with Crippen LogP contribution in [0.2, 0.25) is 5.02 Å². The van der Waals surface area contributed by atoms with E-state index in [9.17, 15) is 0 Å². The Bertz CT molecular complexity index is 329. The molecule has 1 atom stereocenters. The lowest BCUT2D eigenvalue weighted by Gasteiger charge is -2.25. The molecule has 0 spiro atoms. The standard InChI is InChI=1S/C11H16ClN3/c12-9-5-4-7-14-11(9)10-6-2-1-3-8-15(10)13/h4-5,7,10H,1-3,6,8,13H2. The van der Waals surface area contributed by atoms with Crippen molar-refractivity contribution in [2.24, 2.45) is 5.84 Å². The maximum Gasteiger partial charge on any atom is 0.0775 e. The lowest BCUT2D eigenvalue weighted by molar-refractivity contribution is 0.202. The molecule has 0 saturated carbocycles. The van der Waals surface area contributed by atoms with Gasteiger partial charge in [0.25, 0.3) is 0 Å². The van der Waals surface area contributed by atoms with Crippen LogP contribution in [0, 0.1) is 0 Å². The highest BCUT2D eigenvalue weighted by molar-refractivity contribution is 6.31. The molecule has 2 rings (SSSR count). The number of nitrogens with two attached hydrogens (primary N) is 1. The molecule has 1 aromatic rings. The second kappa shape index (κ2) is 4.92. The molecule has 0 aromatic carbocycles. The zero-order valence-electron chi connectivity index (χ0n) is 8.69. The molecule has 1 aliphatic rings. The molecule has 15 heavy (non-hydrogen) atoms. The van der Waals surface area contributed by atoms with Crippen LogP contribution in [0.3, 0.4) is 0 Å². The van der Waals surface area contributed by atoms with E-state index in [1.54, 1.807) is 6.20 Å². The van der Waals surface area contributed by atoms with E-state index in [2.05, 4.69) is 4.98 Å². The Morgan fingerprint density at radius 3 is 3.07 bits per heavy atom. The van der Waals surface area contributed by atoms with Crippen molar-refractivity contribution in [1.29, 1.82) is 0 Å². The number of hydrazine groups is 1. The van der Waals surface area contributed by atoms with Crippen LogP contribution in [0.15, 0.2) is 18.3 Å². The van der Waals surface area contributed by atoms with E-state index in [0.717, 1.165) is 30.1 Å². The summed E-state index contributed by atoms with van der Waals surface area (Å²) < 4.78 is 0. The lowest BCUT2D eigenvalue weighted by Crippen LogP contribution is -2.35. The van der Waals surface area contributed by atoms with Crippen molar-refractivity contribution in [3.05, 3.63) is 29.0 Å². The summed E-state index contributed by atoms with van der Waals surface area (Å²) in [5.74, 6) is 6.01. The molecule has 4 heteroatoms. The van der Waals surface area contributed by atoms with E-state index in [4.69, 9.17) is 17.4 Å². The molecule has 1 aliphatic heterocycles. The minimum atomic E-state index is 0.182. The molecule has 0 aliphatic carbocycles. The van der Waals surface area contributed by atoms with Crippen LogP contribution >= 0.6 is 11.6 Å². The lowest BCUT2D eigenvalue weighted by atomic mass is 10.1. The van der Waals surface area contributed by atoms with Gasteiger partial charge in [0.05, 0.1) is 16.8 Å². The topological polar surface area (TPSA) is 42.1 Å². The molecule has 1 saturated heterocycles. The van der Waals surface area contributed by atoms with Gasteiger partial charge in [0.15, 0.2) is 0 Å². The van der Waals surface area contributed by atoms with Crippen molar-refractivity contribution in [2.75, 3.05) is 6.54 Å². The number of hydrogen-bond acceptors (Lipinski definition) is 3. The van der Waals surface area contributed by atoms with Gasteiger partial charge in [0.1, 0.15) is 0 Å². The number of halogens is 1. The summed E-state index contributed by atoms with van der Waals surface area (Å²) in [6.07, 6.45) is 6.44. The average molecular weight is 226 g/mol. The van der Waals surface area contributed by atoms with Crippen molar-refractivity contribution >= 4 is 11.6 Å². The summed E-state index contributed by atoms with van der Waals surface area (Å²) in [6, 6.07) is 3.91. The van der Waals surface area contributed by atoms with Crippen LogP contribution in [0.1, 0.15) is 37.4 Å². The molecule has 82 valence electrons. The Kier molecular flexibility index (Phi) is 3.57. The maximum atomic E-state index is 6.13. The minimum Gasteiger partial charge on any atom is -0.268 e. The van der Waals surface area contributed by atoms with Gasteiger partial charge >= 0.3 is 0 Å². The van der Waals surface area contributed by atoms with Gasteiger partial charge in [-0.25, -0.2) is 5.01 Å². The van der Waals surface area contributed by atoms with Crippen molar-refractivity contribution in [3.63, 3.8) is 0 Å². The Labute approximate surface area is 95.2 Å². The molecule has 3 nitrogen and oxygen atoms in total. The largest absolute Gasteiger partial charge is 0.268 e. The average Bonchev–Trinajstić information content (AvgIpc) is 2.44. The third-order valence-electron chi connectivity index (χ3n) is 2.90. The van der Waals surface area contributed by atoms with E-state index in [0.29, 0.717) is 0 Å². The van der Waals surface area contributed by atoms with Crippen LogP contribution in [-0.2, 0) is 0 Å². The smallest absolute Gasteiger partial charge is 0.0775 e. The first kappa shape index (κ1) is 10.9. The summed E-state index contributed by atoms with van der Waals surface area (Å²) in [5, 5.41) is 2.60. The molecule has 2 N–H and O–H groups in total. The first-order valence-corrected chi connectivity index (χ1v) is 5.78. The van der Waals surface area contributed by atoms with Gasteiger partial charge in [-0.05, 0) is 25.0 Å². The first-order valence-electron chi connectivity index (χ1n) is 5.41. The molecule has 0 amide bonds. The summed E-state index contributed by atoms with van der Waals surface area (Å²) in [6.45, 7) is 0.928. The van der Waals surface area contributed by atoms with Gasteiger partial charge in [0.2, 0.25) is 0 Å². The number of rotatable bonds is 1. The molecule has 0 bridgehead atoms. The SMILES string of the molecule is NN1CCCCCC1c1ncccc1Cl. The second-order valence-corrected chi connectivity index (χ2v) is 4.38. The second-order valence-electron chi connectivity index (χ2n) is 3.97. The Morgan fingerprint density at radius 1 is 1.40 bits per heavy atom. The normalized spacial score (nSPS) is 23.7. The monoisotopic (exact) mass is 225 g/mol.